The van der Waals surface area contributed by atoms with Crippen molar-refractivity contribution in [3.63, 3.8) is 0 Å². The molecule has 0 bridgehead atoms. The molecule has 76 valence electrons. The van der Waals surface area contributed by atoms with Gasteiger partial charge in [-0.15, -0.1) is 0 Å². The molecule has 0 atom stereocenters. The topological polar surface area (TPSA) is 38.9 Å². The summed E-state index contributed by atoms with van der Waals surface area (Å²) < 4.78 is 26.1. The number of aromatic nitrogens is 1. The van der Waals surface area contributed by atoms with Crippen LogP contribution in [0.2, 0.25) is 0 Å². The van der Waals surface area contributed by atoms with E-state index in [2.05, 4.69) is 4.98 Å². The number of hydrogen-bond donors (Lipinski definition) is 1. The van der Waals surface area contributed by atoms with Gasteiger partial charge in [-0.1, -0.05) is 0 Å². The van der Waals surface area contributed by atoms with Crippen LogP contribution in [0.4, 0.5) is 14.5 Å². The van der Waals surface area contributed by atoms with Crippen molar-refractivity contribution >= 4 is 5.69 Å². The van der Waals surface area contributed by atoms with Crippen molar-refractivity contribution in [2.24, 2.45) is 0 Å². The summed E-state index contributed by atoms with van der Waals surface area (Å²) in [6.45, 7) is 0. The first-order chi connectivity index (χ1) is 7.18. The van der Waals surface area contributed by atoms with Crippen LogP contribution in [0.5, 0.6) is 0 Å². The molecule has 0 radical (unpaired) electrons. The smallest absolute Gasteiger partial charge is 0.135 e. The fourth-order valence-electron chi connectivity index (χ4n) is 1.32. The molecule has 0 amide bonds. The van der Waals surface area contributed by atoms with E-state index in [9.17, 15) is 8.78 Å². The van der Waals surface area contributed by atoms with Crippen molar-refractivity contribution in [3.8, 4) is 11.3 Å². The van der Waals surface area contributed by atoms with Crippen LogP contribution in [0.1, 0.15) is 0 Å². The normalized spacial score (nSPS) is 10.3. The molecule has 0 aliphatic heterocycles. The number of nitrogen functional groups attached to an aromatic ring is 1. The number of nitrogens with zero attached hydrogens (tertiary/aromatic N) is 1. The van der Waals surface area contributed by atoms with Crippen molar-refractivity contribution in [3.05, 3.63) is 48.2 Å². The Labute approximate surface area is 85.4 Å². The van der Waals surface area contributed by atoms with Crippen LogP contribution in [0.15, 0.2) is 36.5 Å². The molecule has 0 spiro atoms. The van der Waals surface area contributed by atoms with Crippen LogP contribution in [0, 0.1) is 11.6 Å². The molecule has 0 fully saturated rings. The van der Waals surface area contributed by atoms with Gasteiger partial charge in [-0.25, -0.2) is 8.78 Å². The summed E-state index contributed by atoms with van der Waals surface area (Å²) in [5, 5.41) is 0. The molecule has 0 unspecified atom stereocenters. The second-order valence-electron chi connectivity index (χ2n) is 3.07. The Balaban J connectivity index is 2.60. The third-order valence-electron chi connectivity index (χ3n) is 2.03. The van der Waals surface area contributed by atoms with Gasteiger partial charge in [0.15, 0.2) is 0 Å². The second kappa shape index (κ2) is 3.65. The van der Waals surface area contributed by atoms with Crippen LogP contribution < -0.4 is 5.73 Å². The summed E-state index contributed by atoms with van der Waals surface area (Å²) in [5.41, 5.74) is 6.53. The van der Waals surface area contributed by atoms with Crippen LogP contribution in [-0.2, 0) is 0 Å². The van der Waals surface area contributed by atoms with Gasteiger partial charge in [-0.05, 0) is 24.3 Å². The van der Waals surface area contributed by atoms with E-state index in [0.29, 0.717) is 11.4 Å². The quantitative estimate of drug-likeness (QED) is 0.778. The standard InChI is InChI=1S/C11H8F2N2/c12-7-3-4-8(9(13)6-7)11-10(14)2-1-5-15-11/h1-6H,14H2. The van der Waals surface area contributed by atoms with Gasteiger partial charge >= 0.3 is 0 Å². The summed E-state index contributed by atoms with van der Waals surface area (Å²) in [7, 11) is 0. The zero-order chi connectivity index (χ0) is 10.8. The number of pyridine rings is 1. The highest BCUT2D eigenvalue weighted by molar-refractivity contribution is 5.72. The average Bonchev–Trinajstić information content (AvgIpc) is 2.20. The van der Waals surface area contributed by atoms with Crippen molar-refractivity contribution in [1.29, 1.82) is 0 Å². The highest BCUT2D eigenvalue weighted by Gasteiger charge is 2.09. The monoisotopic (exact) mass is 206 g/mol. The first-order valence-electron chi connectivity index (χ1n) is 4.34. The largest absolute Gasteiger partial charge is 0.397 e. The average molecular weight is 206 g/mol. The predicted octanol–water partition coefficient (Wildman–Crippen LogP) is 2.61. The van der Waals surface area contributed by atoms with Crippen molar-refractivity contribution in [2.45, 2.75) is 0 Å². The molecular formula is C11H8F2N2. The molecule has 0 saturated heterocycles. The minimum absolute atomic E-state index is 0.203. The third kappa shape index (κ3) is 1.79. The summed E-state index contributed by atoms with van der Waals surface area (Å²) in [4.78, 5) is 3.95. The lowest BCUT2D eigenvalue weighted by Crippen LogP contribution is -1.95. The summed E-state index contributed by atoms with van der Waals surface area (Å²) in [6, 6.07) is 6.57. The van der Waals surface area contributed by atoms with Gasteiger partial charge < -0.3 is 5.73 Å². The SMILES string of the molecule is Nc1cccnc1-c1ccc(F)cc1F. The van der Waals surface area contributed by atoms with E-state index >= 15 is 0 Å². The van der Waals surface area contributed by atoms with Crippen molar-refractivity contribution in [1.82, 2.24) is 4.98 Å². The number of anilines is 1. The van der Waals surface area contributed by atoms with E-state index in [1.165, 1.54) is 18.3 Å². The van der Waals surface area contributed by atoms with E-state index in [1.807, 2.05) is 0 Å². The van der Waals surface area contributed by atoms with Crippen LogP contribution in [0.25, 0.3) is 11.3 Å². The first kappa shape index (κ1) is 9.58. The van der Waals surface area contributed by atoms with Gasteiger partial charge in [-0.3, -0.25) is 4.98 Å². The molecule has 2 aromatic rings. The molecule has 1 aromatic heterocycles. The lowest BCUT2D eigenvalue weighted by atomic mass is 10.1. The zero-order valence-electron chi connectivity index (χ0n) is 7.74. The molecule has 15 heavy (non-hydrogen) atoms. The first-order valence-corrected chi connectivity index (χ1v) is 4.34. The third-order valence-corrected chi connectivity index (χ3v) is 2.03. The summed E-state index contributed by atoms with van der Waals surface area (Å²) >= 11 is 0. The second-order valence-corrected chi connectivity index (χ2v) is 3.07. The Hall–Kier alpha value is -1.97. The Bertz CT molecular complexity index is 498. The zero-order valence-corrected chi connectivity index (χ0v) is 7.74. The molecule has 0 aliphatic carbocycles. The van der Waals surface area contributed by atoms with Crippen molar-refractivity contribution in [2.75, 3.05) is 5.73 Å². The van der Waals surface area contributed by atoms with Crippen LogP contribution in [0.3, 0.4) is 0 Å². The maximum Gasteiger partial charge on any atom is 0.135 e. The minimum atomic E-state index is -0.666. The van der Waals surface area contributed by atoms with Gasteiger partial charge in [0, 0.05) is 17.8 Å². The Morgan fingerprint density at radius 3 is 2.60 bits per heavy atom. The van der Waals surface area contributed by atoms with Gasteiger partial charge in [0.2, 0.25) is 0 Å². The maximum atomic E-state index is 13.4. The molecule has 0 aliphatic rings. The van der Waals surface area contributed by atoms with Gasteiger partial charge in [0.1, 0.15) is 11.6 Å². The van der Waals surface area contributed by atoms with E-state index in [0.717, 1.165) is 6.07 Å². The number of hydrogen-bond acceptors (Lipinski definition) is 2. The molecule has 2 N–H and O–H groups in total. The van der Waals surface area contributed by atoms with Gasteiger partial charge in [0.05, 0.1) is 11.4 Å². The van der Waals surface area contributed by atoms with E-state index in [-0.39, 0.29) is 5.56 Å². The molecule has 0 saturated carbocycles. The Morgan fingerprint density at radius 1 is 1.13 bits per heavy atom. The molecule has 1 aromatic carbocycles. The number of benzene rings is 1. The number of halogens is 2. The lowest BCUT2D eigenvalue weighted by molar-refractivity contribution is 0.585. The highest BCUT2D eigenvalue weighted by Crippen LogP contribution is 2.25. The van der Waals surface area contributed by atoms with E-state index in [1.54, 1.807) is 12.1 Å². The molecule has 1 heterocycles. The summed E-state index contributed by atoms with van der Waals surface area (Å²) in [6.07, 6.45) is 1.51. The molecule has 2 rings (SSSR count). The molecule has 2 nitrogen and oxygen atoms in total. The minimum Gasteiger partial charge on any atom is -0.397 e. The predicted molar refractivity (Wildman–Crippen MR) is 54.0 cm³/mol. The van der Waals surface area contributed by atoms with Gasteiger partial charge in [-0.2, -0.15) is 0 Å². The number of rotatable bonds is 1. The fourth-order valence-corrected chi connectivity index (χ4v) is 1.32. The molecular weight excluding hydrogens is 198 g/mol. The van der Waals surface area contributed by atoms with E-state index in [4.69, 9.17) is 5.73 Å². The molecule has 4 heteroatoms. The van der Waals surface area contributed by atoms with Gasteiger partial charge in [0.25, 0.3) is 0 Å². The fraction of sp³-hybridized carbons (Fsp3) is 0. The van der Waals surface area contributed by atoms with Crippen LogP contribution in [-0.4, -0.2) is 4.98 Å². The number of nitrogens with two attached hydrogens (primary N) is 1. The Morgan fingerprint density at radius 2 is 1.93 bits per heavy atom. The van der Waals surface area contributed by atoms with Crippen LogP contribution >= 0.6 is 0 Å². The maximum absolute atomic E-state index is 13.4. The lowest BCUT2D eigenvalue weighted by Gasteiger charge is -2.05. The summed E-state index contributed by atoms with van der Waals surface area (Å²) in [5.74, 6) is -1.29. The van der Waals surface area contributed by atoms with E-state index < -0.39 is 11.6 Å². The highest BCUT2D eigenvalue weighted by atomic mass is 19.1. The Kier molecular flexibility index (Phi) is 2.33. The van der Waals surface area contributed by atoms with Crippen molar-refractivity contribution < 1.29 is 8.78 Å².